The average molecular weight is 312 g/mol. The topological polar surface area (TPSA) is 50.3 Å². The van der Waals surface area contributed by atoms with Gasteiger partial charge in [0.05, 0.1) is 11.6 Å². The minimum atomic E-state index is -4.52. The first-order chi connectivity index (χ1) is 10.3. The second-order valence-corrected chi connectivity index (χ2v) is 5.89. The summed E-state index contributed by atoms with van der Waals surface area (Å²) in [5.74, 6) is -0.747. The van der Waals surface area contributed by atoms with E-state index in [2.05, 4.69) is 4.98 Å². The number of nitrogens with zero attached hydrogens (tertiary/aromatic N) is 2. The number of halogens is 3. The van der Waals surface area contributed by atoms with Crippen molar-refractivity contribution in [2.24, 2.45) is 11.8 Å². The number of fused-ring (bicyclic) bond motifs is 1. The van der Waals surface area contributed by atoms with Crippen LogP contribution in [0, 0.1) is 18.8 Å². The number of hydrogen-bond acceptors (Lipinski definition) is 3. The van der Waals surface area contributed by atoms with Crippen molar-refractivity contribution >= 4 is 18.0 Å². The first-order valence-electron chi connectivity index (χ1n) is 7.17. The maximum atomic E-state index is 12.9. The molecule has 3 atom stereocenters. The van der Waals surface area contributed by atoms with Gasteiger partial charge in [-0.15, -0.1) is 0 Å². The fraction of sp³-hybridized carbons (Fsp3) is 0.533. The maximum absolute atomic E-state index is 12.9. The molecule has 1 saturated carbocycles. The molecule has 1 aromatic rings. The smallest absolute Gasteiger partial charge is 0.301 e. The number of pyridine rings is 1. The van der Waals surface area contributed by atoms with Crippen LogP contribution in [0.3, 0.4) is 0 Å². The van der Waals surface area contributed by atoms with E-state index in [9.17, 15) is 22.8 Å². The van der Waals surface area contributed by atoms with E-state index in [4.69, 9.17) is 0 Å². The van der Waals surface area contributed by atoms with Crippen molar-refractivity contribution in [2.75, 3.05) is 4.90 Å². The Morgan fingerprint density at radius 2 is 2.05 bits per heavy atom. The Balaban J connectivity index is 2.05. The Hall–Kier alpha value is -1.92. The van der Waals surface area contributed by atoms with Crippen LogP contribution in [-0.2, 0) is 15.8 Å². The van der Waals surface area contributed by atoms with E-state index in [1.165, 1.54) is 6.92 Å². The van der Waals surface area contributed by atoms with Gasteiger partial charge in [0.2, 0.25) is 5.91 Å². The van der Waals surface area contributed by atoms with Crippen LogP contribution >= 0.6 is 0 Å². The summed E-state index contributed by atoms with van der Waals surface area (Å²) in [6.45, 7) is 1.44. The Morgan fingerprint density at radius 3 is 2.68 bits per heavy atom. The summed E-state index contributed by atoms with van der Waals surface area (Å²) in [6, 6.07) is 1.07. The van der Waals surface area contributed by atoms with Gasteiger partial charge in [0, 0.05) is 11.6 Å². The zero-order chi connectivity index (χ0) is 16.1. The summed E-state index contributed by atoms with van der Waals surface area (Å²) >= 11 is 0. The number of aldehydes is 1. The van der Waals surface area contributed by atoms with E-state index in [1.807, 2.05) is 0 Å². The van der Waals surface area contributed by atoms with Gasteiger partial charge in [-0.05, 0) is 37.8 Å². The number of alkyl halides is 3. The van der Waals surface area contributed by atoms with Crippen molar-refractivity contribution in [3.63, 3.8) is 0 Å². The number of aryl methyl sites for hydroxylation is 1. The standard InChI is InChI=1S/C15H15F3N2O2/c1-8-5-9(15(16,17)18)6-13(19-8)20-12(7-21)10-3-2-4-11(10)14(20)22/h5-7,10-12H,2-4H2,1H3. The maximum Gasteiger partial charge on any atom is 0.416 e. The molecule has 1 saturated heterocycles. The molecule has 1 aromatic heterocycles. The monoisotopic (exact) mass is 312 g/mol. The Bertz CT molecular complexity index is 630. The molecule has 118 valence electrons. The van der Waals surface area contributed by atoms with E-state index >= 15 is 0 Å². The second-order valence-electron chi connectivity index (χ2n) is 5.89. The number of amides is 1. The fourth-order valence-electron chi connectivity index (χ4n) is 3.59. The largest absolute Gasteiger partial charge is 0.416 e. The lowest BCUT2D eigenvalue weighted by atomic mass is 9.94. The van der Waals surface area contributed by atoms with E-state index < -0.39 is 17.8 Å². The van der Waals surface area contributed by atoms with Crippen molar-refractivity contribution in [1.29, 1.82) is 0 Å². The molecule has 0 bridgehead atoms. The van der Waals surface area contributed by atoms with Crippen LogP contribution < -0.4 is 4.90 Å². The summed E-state index contributed by atoms with van der Waals surface area (Å²) in [6.07, 6.45) is -1.56. The van der Waals surface area contributed by atoms with Gasteiger partial charge in [-0.1, -0.05) is 6.42 Å². The highest BCUT2D eigenvalue weighted by Crippen LogP contribution is 2.44. The molecule has 3 rings (SSSR count). The predicted molar refractivity (Wildman–Crippen MR) is 72.1 cm³/mol. The van der Waals surface area contributed by atoms with Gasteiger partial charge in [-0.3, -0.25) is 9.69 Å². The van der Waals surface area contributed by atoms with Crippen LogP contribution in [0.4, 0.5) is 19.0 Å². The van der Waals surface area contributed by atoms with E-state index in [-0.39, 0.29) is 29.3 Å². The van der Waals surface area contributed by atoms with Crippen molar-refractivity contribution < 1.29 is 22.8 Å². The van der Waals surface area contributed by atoms with Crippen LogP contribution in [0.25, 0.3) is 0 Å². The molecule has 0 spiro atoms. The summed E-state index contributed by atoms with van der Waals surface area (Å²) < 4.78 is 38.8. The highest BCUT2D eigenvalue weighted by molar-refractivity contribution is 6.01. The molecule has 4 nitrogen and oxygen atoms in total. The molecule has 2 fully saturated rings. The summed E-state index contributed by atoms with van der Waals surface area (Å²) in [5.41, 5.74) is -0.691. The first-order valence-corrected chi connectivity index (χ1v) is 7.17. The Labute approximate surface area is 125 Å². The lowest BCUT2D eigenvalue weighted by Gasteiger charge is -2.23. The van der Waals surface area contributed by atoms with Gasteiger partial charge >= 0.3 is 6.18 Å². The van der Waals surface area contributed by atoms with Gasteiger partial charge in [0.1, 0.15) is 12.1 Å². The molecule has 2 aliphatic rings. The summed E-state index contributed by atoms with van der Waals surface area (Å²) in [5, 5.41) is 0. The fourth-order valence-corrected chi connectivity index (χ4v) is 3.59. The average Bonchev–Trinajstić information content (AvgIpc) is 2.99. The quantitative estimate of drug-likeness (QED) is 0.789. The van der Waals surface area contributed by atoms with Crippen molar-refractivity contribution in [3.8, 4) is 0 Å². The van der Waals surface area contributed by atoms with Gasteiger partial charge in [-0.2, -0.15) is 13.2 Å². The minimum Gasteiger partial charge on any atom is -0.301 e. The van der Waals surface area contributed by atoms with Gasteiger partial charge in [0.15, 0.2) is 0 Å². The molecule has 1 aliphatic carbocycles. The number of aromatic nitrogens is 1. The molecule has 0 N–H and O–H groups in total. The van der Waals surface area contributed by atoms with Crippen LogP contribution in [0.2, 0.25) is 0 Å². The van der Waals surface area contributed by atoms with Crippen LogP contribution in [0.1, 0.15) is 30.5 Å². The number of rotatable bonds is 2. The van der Waals surface area contributed by atoms with E-state index in [0.29, 0.717) is 12.7 Å². The number of carbonyl (C=O) groups is 2. The third-order valence-electron chi connectivity index (χ3n) is 4.51. The van der Waals surface area contributed by atoms with Gasteiger partial charge < -0.3 is 4.79 Å². The molecular weight excluding hydrogens is 297 g/mol. The molecule has 22 heavy (non-hydrogen) atoms. The van der Waals surface area contributed by atoms with E-state index in [1.54, 1.807) is 0 Å². The number of carbonyl (C=O) groups excluding carboxylic acids is 2. The van der Waals surface area contributed by atoms with Crippen LogP contribution in [0.5, 0.6) is 0 Å². The molecule has 2 heterocycles. The SMILES string of the molecule is Cc1cc(C(F)(F)F)cc(N2C(=O)C3CCCC3C2C=O)n1. The molecule has 0 aromatic carbocycles. The highest BCUT2D eigenvalue weighted by atomic mass is 19.4. The molecular formula is C15H15F3N2O2. The van der Waals surface area contributed by atoms with Crippen molar-refractivity contribution in [1.82, 2.24) is 4.98 Å². The van der Waals surface area contributed by atoms with Crippen LogP contribution in [0.15, 0.2) is 12.1 Å². The predicted octanol–water partition coefficient (Wildman–Crippen LogP) is 2.74. The molecule has 7 heteroatoms. The summed E-state index contributed by atoms with van der Waals surface area (Å²) in [7, 11) is 0. The zero-order valence-corrected chi connectivity index (χ0v) is 11.9. The zero-order valence-electron chi connectivity index (χ0n) is 11.9. The summed E-state index contributed by atoms with van der Waals surface area (Å²) in [4.78, 5) is 29.1. The molecule has 1 aliphatic heterocycles. The molecule has 3 unspecified atom stereocenters. The van der Waals surface area contributed by atoms with Gasteiger partial charge in [-0.25, -0.2) is 4.98 Å². The third kappa shape index (κ3) is 2.28. The minimum absolute atomic E-state index is 0.0798. The number of hydrogen-bond donors (Lipinski definition) is 0. The Morgan fingerprint density at radius 1 is 1.32 bits per heavy atom. The normalized spacial score (nSPS) is 28.1. The Kier molecular flexibility index (Phi) is 3.45. The van der Waals surface area contributed by atoms with E-state index in [0.717, 1.165) is 29.9 Å². The lowest BCUT2D eigenvalue weighted by molar-refractivity contribution is -0.137. The lowest BCUT2D eigenvalue weighted by Crippen LogP contribution is -2.37. The first kappa shape index (κ1) is 15.0. The van der Waals surface area contributed by atoms with Crippen LogP contribution in [-0.4, -0.2) is 23.2 Å². The molecule has 0 radical (unpaired) electrons. The highest BCUT2D eigenvalue weighted by Gasteiger charge is 2.51. The molecule has 1 amide bonds. The van der Waals surface area contributed by atoms with Gasteiger partial charge in [0.25, 0.3) is 0 Å². The number of anilines is 1. The third-order valence-corrected chi connectivity index (χ3v) is 4.51. The van der Waals surface area contributed by atoms with Crippen molar-refractivity contribution in [2.45, 2.75) is 38.4 Å². The second kappa shape index (κ2) is 5.07. The van der Waals surface area contributed by atoms with Crippen molar-refractivity contribution in [3.05, 3.63) is 23.4 Å².